The molecule has 0 aromatic heterocycles. The predicted octanol–water partition coefficient (Wildman–Crippen LogP) is 4.09. The zero-order valence-corrected chi connectivity index (χ0v) is 13.1. The lowest BCUT2D eigenvalue weighted by atomic mass is 9.84. The number of fused-ring (bicyclic) bond motifs is 2. The molecular weight excluding hydrogens is 268 g/mol. The summed E-state index contributed by atoms with van der Waals surface area (Å²) >= 11 is 1.74. The molecule has 0 saturated heterocycles. The molecule has 0 saturated carbocycles. The molecule has 0 unspecified atom stereocenters. The van der Waals surface area contributed by atoms with Crippen LogP contribution in [0.25, 0.3) is 4.91 Å². The van der Waals surface area contributed by atoms with Crippen LogP contribution < -0.4 is 0 Å². The number of aryl methyl sites for hydroxylation is 2. The molecule has 3 heteroatoms. The largest absolute Gasteiger partial charge is 0.285 e. The van der Waals surface area contributed by atoms with E-state index in [2.05, 4.69) is 26.8 Å². The number of thioether (sulfide) groups is 1. The molecule has 1 aliphatic heterocycles. The Hall–Kier alpha value is -1.35. The van der Waals surface area contributed by atoms with Crippen LogP contribution >= 0.6 is 11.8 Å². The normalized spacial score (nSPS) is 20.8. The number of allylic oxidation sites excluding steroid dienone is 1. The summed E-state index contributed by atoms with van der Waals surface area (Å²) in [5.41, 5.74) is 4.51. The molecule has 0 bridgehead atoms. The Morgan fingerprint density at radius 2 is 1.60 bits per heavy atom. The SMILES string of the molecule is Cc1cc2c(cc1C)C1=C(CCC(C)(C)S1)C(=O)C2=O. The van der Waals surface area contributed by atoms with Gasteiger partial charge in [0.15, 0.2) is 0 Å². The van der Waals surface area contributed by atoms with E-state index in [0.29, 0.717) is 12.0 Å². The van der Waals surface area contributed by atoms with Gasteiger partial charge in [-0.1, -0.05) is 13.8 Å². The second kappa shape index (κ2) is 4.32. The van der Waals surface area contributed by atoms with Crippen LogP contribution in [0.1, 0.15) is 53.7 Å². The van der Waals surface area contributed by atoms with E-state index in [4.69, 9.17) is 0 Å². The van der Waals surface area contributed by atoms with Gasteiger partial charge in [0.05, 0.1) is 0 Å². The molecule has 0 spiro atoms. The van der Waals surface area contributed by atoms with Crippen LogP contribution in [0, 0.1) is 13.8 Å². The van der Waals surface area contributed by atoms with Crippen LogP contribution in [0.2, 0.25) is 0 Å². The maximum atomic E-state index is 12.3. The lowest BCUT2D eigenvalue weighted by molar-refractivity contribution is -0.112. The van der Waals surface area contributed by atoms with Crippen LogP contribution in [0.3, 0.4) is 0 Å². The van der Waals surface area contributed by atoms with Crippen LogP contribution in [0.15, 0.2) is 17.7 Å². The highest BCUT2D eigenvalue weighted by Gasteiger charge is 2.39. The van der Waals surface area contributed by atoms with Gasteiger partial charge in [-0.25, -0.2) is 0 Å². The first-order chi connectivity index (χ1) is 9.30. The Balaban J connectivity index is 2.27. The molecule has 1 aromatic rings. The van der Waals surface area contributed by atoms with Crippen LogP contribution in [0.5, 0.6) is 0 Å². The van der Waals surface area contributed by atoms with E-state index in [1.165, 1.54) is 5.56 Å². The summed E-state index contributed by atoms with van der Waals surface area (Å²) in [5.74, 6) is -0.624. The van der Waals surface area contributed by atoms with Gasteiger partial charge >= 0.3 is 0 Å². The number of ketones is 2. The molecule has 1 heterocycles. The Kier molecular flexibility index (Phi) is 2.94. The summed E-state index contributed by atoms with van der Waals surface area (Å²) in [5, 5.41) is 0. The van der Waals surface area contributed by atoms with E-state index >= 15 is 0 Å². The van der Waals surface area contributed by atoms with Crippen molar-refractivity contribution in [2.24, 2.45) is 0 Å². The van der Waals surface area contributed by atoms with E-state index < -0.39 is 0 Å². The van der Waals surface area contributed by atoms with Crippen molar-refractivity contribution in [3.8, 4) is 0 Å². The number of carbonyl (C=O) groups is 2. The van der Waals surface area contributed by atoms with Gasteiger partial charge in [-0.2, -0.15) is 0 Å². The van der Waals surface area contributed by atoms with Crippen molar-refractivity contribution in [3.63, 3.8) is 0 Å². The first-order valence-electron chi connectivity index (χ1n) is 6.93. The number of benzene rings is 1. The molecule has 2 nitrogen and oxygen atoms in total. The highest BCUT2D eigenvalue weighted by molar-refractivity contribution is 8.09. The maximum Gasteiger partial charge on any atom is 0.233 e. The van der Waals surface area contributed by atoms with Gasteiger partial charge in [-0.15, -0.1) is 11.8 Å². The summed E-state index contributed by atoms with van der Waals surface area (Å²) in [6, 6.07) is 3.94. The molecular formula is C17H18O2S. The first kappa shape index (κ1) is 13.6. The summed E-state index contributed by atoms with van der Waals surface area (Å²) in [4.78, 5) is 25.6. The Morgan fingerprint density at radius 1 is 1.00 bits per heavy atom. The third-order valence-electron chi connectivity index (χ3n) is 4.23. The van der Waals surface area contributed by atoms with Crippen LogP contribution in [0.4, 0.5) is 0 Å². The van der Waals surface area contributed by atoms with E-state index in [0.717, 1.165) is 28.0 Å². The lowest BCUT2D eigenvalue weighted by Crippen LogP contribution is -2.29. The fourth-order valence-corrected chi connectivity index (χ4v) is 4.17. The smallest absolute Gasteiger partial charge is 0.233 e. The van der Waals surface area contributed by atoms with Crippen molar-refractivity contribution < 1.29 is 9.59 Å². The minimum absolute atomic E-state index is 0.121. The molecule has 0 radical (unpaired) electrons. The monoisotopic (exact) mass is 286 g/mol. The molecule has 0 atom stereocenters. The fourth-order valence-electron chi connectivity index (χ4n) is 2.81. The third-order valence-corrected chi connectivity index (χ3v) is 5.66. The number of hydrogen-bond acceptors (Lipinski definition) is 3. The minimum Gasteiger partial charge on any atom is -0.285 e. The summed E-state index contributed by atoms with van der Waals surface area (Å²) < 4.78 is 0.121. The van der Waals surface area contributed by atoms with Gasteiger partial charge in [0.2, 0.25) is 11.6 Å². The average Bonchev–Trinajstić information content (AvgIpc) is 2.37. The minimum atomic E-state index is -0.331. The van der Waals surface area contributed by atoms with E-state index in [-0.39, 0.29) is 16.3 Å². The van der Waals surface area contributed by atoms with Crippen LogP contribution in [-0.4, -0.2) is 16.3 Å². The number of hydrogen-bond donors (Lipinski definition) is 0. The van der Waals surface area contributed by atoms with Gasteiger partial charge in [-0.05, 0) is 49.9 Å². The highest BCUT2D eigenvalue weighted by Crippen LogP contribution is 2.50. The number of rotatable bonds is 0. The van der Waals surface area contributed by atoms with E-state index in [1.54, 1.807) is 11.8 Å². The zero-order chi connectivity index (χ0) is 14.7. The van der Waals surface area contributed by atoms with E-state index in [9.17, 15) is 9.59 Å². The van der Waals surface area contributed by atoms with Gasteiger partial charge < -0.3 is 0 Å². The second-order valence-corrected chi connectivity index (χ2v) is 8.03. The summed E-state index contributed by atoms with van der Waals surface area (Å²) in [6.45, 7) is 8.43. The standard InChI is InChI=1S/C17H18O2S/c1-9-7-12-13(8-10(9)2)16-11(14(18)15(12)19)5-6-17(3,4)20-16/h7-8H,5-6H2,1-4H3. The lowest BCUT2D eigenvalue weighted by Gasteiger charge is -2.34. The van der Waals surface area contributed by atoms with Gasteiger partial charge in [-0.3, -0.25) is 9.59 Å². The Labute approximate surface area is 123 Å². The molecule has 3 rings (SSSR count). The third kappa shape index (κ3) is 1.96. The predicted molar refractivity (Wildman–Crippen MR) is 83.1 cm³/mol. The van der Waals surface area contributed by atoms with E-state index in [1.807, 2.05) is 13.0 Å². The van der Waals surface area contributed by atoms with Crippen molar-refractivity contribution in [1.29, 1.82) is 0 Å². The summed E-state index contributed by atoms with van der Waals surface area (Å²) in [7, 11) is 0. The van der Waals surface area contributed by atoms with Gasteiger partial charge in [0.25, 0.3) is 0 Å². The van der Waals surface area contributed by atoms with Gasteiger partial charge in [0, 0.05) is 26.4 Å². The van der Waals surface area contributed by atoms with Crippen molar-refractivity contribution >= 4 is 28.2 Å². The number of carbonyl (C=O) groups excluding carboxylic acids is 2. The Morgan fingerprint density at radius 3 is 2.25 bits per heavy atom. The molecule has 0 fully saturated rings. The van der Waals surface area contributed by atoms with Crippen molar-refractivity contribution in [2.45, 2.75) is 45.3 Å². The first-order valence-corrected chi connectivity index (χ1v) is 7.74. The zero-order valence-electron chi connectivity index (χ0n) is 12.3. The molecule has 104 valence electrons. The fraction of sp³-hybridized carbons (Fsp3) is 0.412. The quantitative estimate of drug-likeness (QED) is 0.674. The highest BCUT2D eigenvalue weighted by atomic mass is 32.2. The van der Waals surface area contributed by atoms with Crippen molar-refractivity contribution in [2.75, 3.05) is 0 Å². The maximum absolute atomic E-state index is 12.3. The second-order valence-electron chi connectivity index (χ2n) is 6.31. The van der Waals surface area contributed by atoms with Crippen molar-refractivity contribution in [3.05, 3.63) is 40.0 Å². The number of Topliss-reactive ketones (excluding diaryl/α,β-unsaturated/α-hetero) is 2. The van der Waals surface area contributed by atoms with Gasteiger partial charge in [0.1, 0.15) is 0 Å². The molecule has 20 heavy (non-hydrogen) atoms. The molecule has 0 N–H and O–H groups in total. The van der Waals surface area contributed by atoms with Crippen LogP contribution in [-0.2, 0) is 4.79 Å². The topological polar surface area (TPSA) is 34.1 Å². The average molecular weight is 286 g/mol. The molecule has 1 aliphatic carbocycles. The molecule has 1 aromatic carbocycles. The molecule has 0 amide bonds. The summed E-state index contributed by atoms with van der Waals surface area (Å²) in [6.07, 6.45) is 1.65. The van der Waals surface area contributed by atoms with Crippen molar-refractivity contribution in [1.82, 2.24) is 0 Å². The Bertz CT molecular complexity index is 680. The molecule has 2 aliphatic rings.